The van der Waals surface area contributed by atoms with E-state index in [4.69, 9.17) is 0 Å². The first-order chi connectivity index (χ1) is 7.20. The molecule has 0 aromatic carbocycles. The Bertz CT molecular complexity index is 316. The van der Waals surface area contributed by atoms with Gasteiger partial charge in [-0.05, 0) is 19.8 Å². The zero-order valence-electron chi connectivity index (χ0n) is 9.62. The number of aryl methyl sites for hydroxylation is 1. The molecule has 1 aromatic heterocycles. The topological polar surface area (TPSA) is 33.2 Å². The number of nitrogens with zero attached hydrogens (tertiary/aromatic N) is 2. The second kappa shape index (κ2) is 5.85. The standard InChI is InChI=1S/C11H18N2OS/c1-4-6-13(7-5-2)11(14)10-9(3)12-8-15-10/h8H,4-7H2,1-3H3. The van der Waals surface area contributed by atoms with E-state index in [2.05, 4.69) is 18.8 Å². The van der Waals surface area contributed by atoms with Gasteiger partial charge in [-0.15, -0.1) is 11.3 Å². The number of thiazole rings is 1. The van der Waals surface area contributed by atoms with E-state index in [0.29, 0.717) is 0 Å². The number of aromatic nitrogens is 1. The number of carbonyl (C=O) groups excluding carboxylic acids is 1. The van der Waals surface area contributed by atoms with Crippen LogP contribution in [0.3, 0.4) is 0 Å². The number of rotatable bonds is 5. The maximum absolute atomic E-state index is 12.1. The van der Waals surface area contributed by atoms with Gasteiger partial charge < -0.3 is 4.90 Å². The molecule has 3 nitrogen and oxygen atoms in total. The monoisotopic (exact) mass is 226 g/mol. The lowest BCUT2D eigenvalue weighted by molar-refractivity contribution is 0.0759. The van der Waals surface area contributed by atoms with Crippen LogP contribution in [0.2, 0.25) is 0 Å². The molecule has 0 fully saturated rings. The highest BCUT2D eigenvalue weighted by Gasteiger charge is 2.17. The smallest absolute Gasteiger partial charge is 0.265 e. The van der Waals surface area contributed by atoms with Crippen molar-refractivity contribution in [3.8, 4) is 0 Å². The maximum atomic E-state index is 12.1. The predicted molar refractivity (Wildman–Crippen MR) is 63.3 cm³/mol. The molecule has 0 unspecified atom stereocenters. The SMILES string of the molecule is CCCN(CCC)C(=O)c1scnc1C. The normalized spacial score (nSPS) is 10.3. The van der Waals surface area contributed by atoms with Gasteiger partial charge in [-0.25, -0.2) is 4.98 Å². The molecule has 0 saturated carbocycles. The van der Waals surface area contributed by atoms with Crippen LogP contribution < -0.4 is 0 Å². The van der Waals surface area contributed by atoms with E-state index in [9.17, 15) is 4.79 Å². The third-order valence-electron chi connectivity index (χ3n) is 2.21. The summed E-state index contributed by atoms with van der Waals surface area (Å²) in [5, 5.41) is 0. The number of hydrogen-bond donors (Lipinski definition) is 0. The molecule has 4 heteroatoms. The van der Waals surface area contributed by atoms with Crippen LogP contribution >= 0.6 is 11.3 Å². The average Bonchev–Trinajstić information content (AvgIpc) is 2.63. The Balaban J connectivity index is 2.76. The van der Waals surface area contributed by atoms with E-state index < -0.39 is 0 Å². The molecule has 0 aliphatic heterocycles. The van der Waals surface area contributed by atoms with Crippen LogP contribution in [0, 0.1) is 6.92 Å². The molecule has 1 heterocycles. The van der Waals surface area contributed by atoms with E-state index >= 15 is 0 Å². The Kier molecular flexibility index (Phi) is 4.75. The molecule has 1 amide bonds. The lowest BCUT2D eigenvalue weighted by Gasteiger charge is -2.20. The van der Waals surface area contributed by atoms with Gasteiger partial charge in [0.2, 0.25) is 0 Å². The minimum Gasteiger partial charge on any atom is -0.338 e. The van der Waals surface area contributed by atoms with Crippen LogP contribution in [0.25, 0.3) is 0 Å². The highest BCUT2D eigenvalue weighted by molar-refractivity contribution is 7.11. The van der Waals surface area contributed by atoms with Crippen LogP contribution in [0.15, 0.2) is 5.51 Å². The lowest BCUT2D eigenvalue weighted by Crippen LogP contribution is -2.32. The summed E-state index contributed by atoms with van der Waals surface area (Å²) in [7, 11) is 0. The first-order valence-electron chi connectivity index (χ1n) is 5.40. The van der Waals surface area contributed by atoms with Crippen LogP contribution in [-0.2, 0) is 0 Å². The molecule has 0 spiro atoms. The quantitative estimate of drug-likeness (QED) is 0.773. The minimum absolute atomic E-state index is 0.138. The molecule has 1 aromatic rings. The van der Waals surface area contributed by atoms with E-state index in [1.165, 1.54) is 11.3 Å². The van der Waals surface area contributed by atoms with Gasteiger partial charge in [0.05, 0.1) is 11.2 Å². The third kappa shape index (κ3) is 3.02. The van der Waals surface area contributed by atoms with E-state index in [-0.39, 0.29) is 5.91 Å². The number of amides is 1. The molecule has 0 N–H and O–H groups in total. The second-order valence-electron chi connectivity index (χ2n) is 3.56. The fourth-order valence-corrected chi connectivity index (χ4v) is 2.27. The fourth-order valence-electron chi connectivity index (χ4n) is 1.51. The molecule has 84 valence electrons. The Hall–Kier alpha value is -0.900. The van der Waals surface area contributed by atoms with Crippen molar-refractivity contribution in [3.05, 3.63) is 16.1 Å². The van der Waals surface area contributed by atoms with Crippen LogP contribution in [-0.4, -0.2) is 28.9 Å². The van der Waals surface area contributed by atoms with Gasteiger partial charge in [0, 0.05) is 13.1 Å². The first kappa shape index (κ1) is 12.2. The summed E-state index contributed by atoms with van der Waals surface area (Å²) in [6, 6.07) is 0. The molecule has 0 radical (unpaired) electrons. The van der Waals surface area contributed by atoms with Crippen molar-refractivity contribution in [1.82, 2.24) is 9.88 Å². The molecular weight excluding hydrogens is 208 g/mol. The van der Waals surface area contributed by atoms with Crippen molar-refractivity contribution in [2.24, 2.45) is 0 Å². The Labute approximate surface area is 95.1 Å². The Morgan fingerprint density at radius 2 is 2.00 bits per heavy atom. The molecule has 0 saturated heterocycles. The zero-order valence-corrected chi connectivity index (χ0v) is 10.4. The summed E-state index contributed by atoms with van der Waals surface area (Å²) in [5.74, 6) is 0.138. The zero-order chi connectivity index (χ0) is 11.3. The van der Waals surface area contributed by atoms with E-state index in [1.807, 2.05) is 11.8 Å². The van der Waals surface area contributed by atoms with Crippen molar-refractivity contribution in [2.75, 3.05) is 13.1 Å². The van der Waals surface area contributed by atoms with Gasteiger partial charge in [0.15, 0.2) is 0 Å². The van der Waals surface area contributed by atoms with Crippen molar-refractivity contribution in [2.45, 2.75) is 33.6 Å². The maximum Gasteiger partial charge on any atom is 0.265 e. The van der Waals surface area contributed by atoms with Gasteiger partial charge in [-0.3, -0.25) is 4.79 Å². The van der Waals surface area contributed by atoms with Crippen LogP contribution in [0.5, 0.6) is 0 Å². The molecule has 0 aliphatic carbocycles. The number of hydrogen-bond acceptors (Lipinski definition) is 3. The molecule has 0 bridgehead atoms. The molecule has 1 rings (SSSR count). The van der Waals surface area contributed by atoms with E-state index in [0.717, 1.165) is 36.5 Å². The molecular formula is C11H18N2OS. The summed E-state index contributed by atoms with van der Waals surface area (Å²) in [6.45, 7) is 7.75. The predicted octanol–water partition coefficient (Wildman–Crippen LogP) is 2.71. The minimum atomic E-state index is 0.138. The lowest BCUT2D eigenvalue weighted by atomic mass is 10.3. The fraction of sp³-hybridized carbons (Fsp3) is 0.636. The summed E-state index contributed by atoms with van der Waals surface area (Å²) < 4.78 is 0. The van der Waals surface area contributed by atoms with Crippen molar-refractivity contribution >= 4 is 17.2 Å². The third-order valence-corrected chi connectivity index (χ3v) is 3.13. The average molecular weight is 226 g/mol. The first-order valence-corrected chi connectivity index (χ1v) is 6.28. The summed E-state index contributed by atoms with van der Waals surface area (Å²) in [4.78, 5) is 18.9. The Morgan fingerprint density at radius 1 is 1.40 bits per heavy atom. The van der Waals surface area contributed by atoms with Gasteiger partial charge in [0.1, 0.15) is 4.88 Å². The van der Waals surface area contributed by atoms with Crippen LogP contribution in [0.4, 0.5) is 0 Å². The van der Waals surface area contributed by atoms with E-state index in [1.54, 1.807) is 5.51 Å². The summed E-state index contributed by atoms with van der Waals surface area (Å²) in [6.07, 6.45) is 2.01. The molecule has 0 atom stereocenters. The van der Waals surface area contributed by atoms with Gasteiger partial charge in [0.25, 0.3) is 5.91 Å². The second-order valence-corrected chi connectivity index (χ2v) is 4.41. The van der Waals surface area contributed by atoms with Gasteiger partial charge >= 0.3 is 0 Å². The highest BCUT2D eigenvalue weighted by atomic mass is 32.1. The molecule has 0 aliphatic rings. The molecule has 15 heavy (non-hydrogen) atoms. The summed E-state index contributed by atoms with van der Waals surface area (Å²) in [5.41, 5.74) is 2.58. The summed E-state index contributed by atoms with van der Waals surface area (Å²) >= 11 is 1.44. The van der Waals surface area contributed by atoms with Crippen molar-refractivity contribution in [3.63, 3.8) is 0 Å². The van der Waals surface area contributed by atoms with Crippen molar-refractivity contribution < 1.29 is 4.79 Å². The largest absolute Gasteiger partial charge is 0.338 e. The highest BCUT2D eigenvalue weighted by Crippen LogP contribution is 2.15. The van der Waals surface area contributed by atoms with Crippen molar-refractivity contribution in [1.29, 1.82) is 0 Å². The van der Waals surface area contributed by atoms with Gasteiger partial charge in [-0.1, -0.05) is 13.8 Å². The number of carbonyl (C=O) groups is 1. The van der Waals surface area contributed by atoms with Gasteiger partial charge in [-0.2, -0.15) is 0 Å². The van der Waals surface area contributed by atoms with Crippen LogP contribution in [0.1, 0.15) is 42.1 Å². The Morgan fingerprint density at radius 3 is 2.40 bits per heavy atom.